The zero-order valence-electron chi connectivity index (χ0n) is 20.2. The quantitative estimate of drug-likeness (QED) is 0.390. The van der Waals surface area contributed by atoms with Crippen LogP contribution in [0.15, 0.2) is 46.9 Å². The van der Waals surface area contributed by atoms with Crippen molar-refractivity contribution in [3.05, 3.63) is 63.6 Å². The Labute approximate surface area is 211 Å². The zero-order valence-corrected chi connectivity index (χ0v) is 20.2. The van der Waals surface area contributed by atoms with Crippen molar-refractivity contribution in [1.82, 2.24) is 4.90 Å². The maximum Gasteiger partial charge on any atom is 0.255 e. The Bertz CT molecular complexity index is 1500. The molecule has 3 atom stereocenters. The Kier molecular flexibility index (Phi) is 5.41. The Morgan fingerprint density at radius 2 is 1.84 bits per heavy atom. The number of fused-ring (bicyclic) bond motifs is 4. The predicted molar refractivity (Wildman–Crippen MR) is 130 cm³/mol. The lowest BCUT2D eigenvalue weighted by atomic mass is 9.60. The molecule has 5 rings (SSSR count). The molecule has 2 aromatic rings. The number of hydrogen-bond acceptors (Lipinski definition) is 8. The number of hydrogen-bond donors (Lipinski definition) is 5. The summed E-state index contributed by atoms with van der Waals surface area (Å²) >= 11 is 0. The smallest absolute Gasteiger partial charge is 0.255 e. The van der Waals surface area contributed by atoms with Gasteiger partial charge in [0.05, 0.1) is 5.56 Å². The lowest BCUT2D eigenvalue weighted by Crippen LogP contribution is -2.57. The first-order valence-electron chi connectivity index (χ1n) is 11.8. The molecule has 0 saturated carbocycles. The standard InChI is InChI=1S/C27H26N2O8/c1-11(30)29(2)10-12-3-4-13-6-14-7-15-8-16-9-18(31)21(26(28)36)25(35)27(16,37)24(34)20(15)23(33)19(14)22(32)17(13)5-12/h3-6,15-16,31-32,34,37H,7-10H2,1-2H3,(H2,28,36)/t15?,16-,27-/m0/s1. The number of nitrogens with two attached hydrogens (primary N) is 1. The van der Waals surface area contributed by atoms with Crippen LogP contribution in [-0.2, 0) is 27.3 Å². The number of nitrogens with zero attached hydrogens (tertiary/aromatic N) is 1. The van der Waals surface area contributed by atoms with Crippen molar-refractivity contribution in [1.29, 1.82) is 0 Å². The second-order valence-corrected chi connectivity index (χ2v) is 10.1. The summed E-state index contributed by atoms with van der Waals surface area (Å²) in [7, 11) is 1.64. The lowest BCUT2D eigenvalue weighted by molar-refractivity contribution is -0.144. The van der Waals surface area contributed by atoms with E-state index in [2.05, 4.69) is 0 Å². The minimum absolute atomic E-state index is 0.0406. The van der Waals surface area contributed by atoms with Gasteiger partial charge in [-0.3, -0.25) is 19.2 Å². The molecule has 0 saturated heterocycles. The molecule has 0 aromatic heterocycles. The Balaban J connectivity index is 1.63. The van der Waals surface area contributed by atoms with Crippen LogP contribution >= 0.6 is 0 Å². The number of allylic oxidation sites excluding steroid dienone is 2. The highest BCUT2D eigenvalue weighted by atomic mass is 16.3. The molecule has 0 aliphatic heterocycles. The molecule has 2 amide bonds. The number of phenols is 1. The lowest BCUT2D eigenvalue weighted by Gasteiger charge is -2.45. The highest BCUT2D eigenvalue weighted by Crippen LogP contribution is 2.52. The van der Waals surface area contributed by atoms with Gasteiger partial charge >= 0.3 is 0 Å². The molecule has 2 aromatic carbocycles. The van der Waals surface area contributed by atoms with Crippen molar-refractivity contribution in [2.45, 2.75) is 38.3 Å². The summed E-state index contributed by atoms with van der Waals surface area (Å²) in [5.74, 6) is -6.65. The summed E-state index contributed by atoms with van der Waals surface area (Å²) in [6, 6.07) is 7.08. The minimum Gasteiger partial charge on any atom is -0.511 e. The van der Waals surface area contributed by atoms with Crippen LogP contribution < -0.4 is 5.73 Å². The number of aromatic hydroxyl groups is 1. The van der Waals surface area contributed by atoms with E-state index in [-0.39, 0.29) is 42.1 Å². The second kappa shape index (κ2) is 8.17. The van der Waals surface area contributed by atoms with Crippen LogP contribution in [0.4, 0.5) is 0 Å². The second-order valence-electron chi connectivity index (χ2n) is 10.1. The number of aliphatic hydroxyl groups excluding tert-OH is 2. The fraction of sp³-hybridized carbons (Fsp3) is 0.333. The van der Waals surface area contributed by atoms with Gasteiger partial charge in [0.2, 0.25) is 11.7 Å². The maximum absolute atomic E-state index is 13.7. The van der Waals surface area contributed by atoms with E-state index in [1.54, 1.807) is 25.2 Å². The zero-order chi connectivity index (χ0) is 27.0. The summed E-state index contributed by atoms with van der Waals surface area (Å²) in [5.41, 5.74) is 2.87. The van der Waals surface area contributed by atoms with E-state index in [9.17, 15) is 39.6 Å². The maximum atomic E-state index is 13.7. The highest BCUT2D eigenvalue weighted by Gasteiger charge is 2.59. The Morgan fingerprint density at radius 3 is 2.49 bits per heavy atom. The molecule has 0 radical (unpaired) electrons. The van der Waals surface area contributed by atoms with Gasteiger partial charge in [0.15, 0.2) is 11.4 Å². The highest BCUT2D eigenvalue weighted by molar-refractivity contribution is 6.24. The van der Waals surface area contributed by atoms with Crippen LogP contribution in [-0.4, -0.2) is 61.4 Å². The number of primary amides is 1. The molecule has 1 unspecified atom stereocenters. The van der Waals surface area contributed by atoms with E-state index in [1.165, 1.54) is 11.8 Å². The van der Waals surface area contributed by atoms with Crippen molar-refractivity contribution in [2.24, 2.45) is 17.6 Å². The number of rotatable bonds is 3. The molecule has 37 heavy (non-hydrogen) atoms. The average molecular weight is 507 g/mol. The third-order valence-electron chi connectivity index (χ3n) is 7.89. The molecule has 3 aliphatic carbocycles. The summed E-state index contributed by atoms with van der Waals surface area (Å²) in [5, 5.41) is 44.9. The van der Waals surface area contributed by atoms with E-state index in [4.69, 9.17) is 5.73 Å². The van der Waals surface area contributed by atoms with E-state index < -0.39 is 52.0 Å². The summed E-state index contributed by atoms with van der Waals surface area (Å²) in [6.45, 7) is 1.73. The monoisotopic (exact) mass is 506 g/mol. The first kappa shape index (κ1) is 24.5. The molecule has 6 N–H and O–H groups in total. The fourth-order valence-corrected chi connectivity index (χ4v) is 5.92. The first-order valence-corrected chi connectivity index (χ1v) is 11.8. The number of amides is 2. The van der Waals surface area contributed by atoms with Crippen molar-refractivity contribution in [2.75, 3.05) is 7.05 Å². The number of Topliss-reactive ketones (excluding diaryl/α,β-unsaturated/α-hetero) is 2. The molecule has 10 heteroatoms. The van der Waals surface area contributed by atoms with Gasteiger partial charge in [-0.25, -0.2) is 0 Å². The van der Waals surface area contributed by atoms with E-state index in [1.807, 2.05) is 6.07 Å². The number of carbonyl (C=O) groups excluding carboxylic acids is 4. The van der Waals surface area contributed by atoms with Crippen LogP contribution in [0.3, 0.4) is 0 Å². The van der Waals surface area contributed by atoms with Crippen molar-refractivity contribution >= 4 is 34.2 Å². The Morgan fingerprint density at radius 1 is 1.14 bits per heavy atom. The van der Waals surface area contributed by atoms with Crippen LogP contribution in [0.2, 0.25) is 0 Å². The van der Waals surface area contributed by atoms with Crippen LogP contribution in [0, 0.1) is 11.8 Å². The van der Waals surface area contributed by atoms with Gasteiger partial charge in [0, 0.05) is 43.8 Å². The van der Waals surface area contributed by atoms with Crippen LogP contribution in [0.25, 0.3) is 10.8 Å². The van der Waals surface area contributed by atoms with Gasteiger partial charge in [-0.1, -0.05) is 18.2 Å². The van der Waals surface area contributed by atoms with Crippen LogP contribution in [0.1, 0.15) is 41.3 Å². The third-order valence-corrected chi connectivity index (χ3v) is 7.89. The molecule has 10 nitrogen and oxygen atoms in total. The molecular formula is C27H26N2O8. The molecule has 192 valence electrons. The predicted octanol–water partition coefficient (Wildman–Crippen LogP) is 1.71. The average Bonchev–Trinajstić information content (AvgIpc) is 2.81. The van der Waals surface area contributed by atoms with Crippen molar-refractivity contribution in [3.63, 3.8) is 0 Å². The summed E-state index contributed by atoms with van der Waals surface area (Å²) < 4.78 is 0. The number of ketones is 2. The Hall–Kier alpha value is -4.18. The molecule has 3 aliphatic rings. The topological polar surface area (TPSA) is 178 Å². The normalized spacial score (nSPS) is 25.1. The fourth-order valence-electron chi connectivity index (χ4n) is 5.92. The van der Waals surface area contributed by atoms with Gasteiger partial charge in [-0.15, -0.1) is 0 Å². The summed E-state index contributed by atoms with van der Waals surface area (Å²) in [4.78, 5) is 51.6. The largest absolute Gasteiger partial charge is 0.511 e. The third kappa shape index (κ3) is 3.43. The van der Waals surface area contributed by atoms with Gasteiger partial charge < -0.3 is 31.1 Å². The molecule has 0 fully saturated rings. The molecule has 0 bridgehead atoms. The SMILES string of the molecule is CC(=O)N(C)Cc1ccc2cc3c(c(O)c2c1)C(=O)C1=C(O)[C@]2(O)C(=O)C(C(N)=O)=C(O)C[C@@H]2CC1C3. The van der Waals surface area contributed by atoms with Gasteiger partial charge in [0.1, 0.15) is 22.8 Å². The summed E-state index contributed by atoms with van der Waals surface area (Å²) in [6.07, 6.45) is 0.0562. The van der Waals surface area contributed by atoms with Crippen molar-refractivity contribution < 1.29 is 39.6 Å². The first-order chi connectivity index (χ1) is 17.4. The van der Waals surface area contributed by atoms with Gasteiger partial charge in [0.25, 0.3) is 5.91 Å². The van der Waals surface area contributed by atoms with Crippen molar-refractivity contribution in [3.8, 4) is 5.75 Å². The number of carbonyl (C=O) groups is 4. The van der Waals surface area contributed by atoms with Gasteiger partial charge in [-0.05, 0) is 41.3 Å². The minimum atomic E-state index is -2.59. The van der Waals surface area contributed by atoms with E-state index in [0.29, 0.717) is 22.9 Å². The molecule has 0 heterocycles. The molecule has 0 spiro atoms. The van der Waals surface area contributed by atoms with E-state index >= 15 is 0 Å². The van der Waals surface area contributed by atoms with Gasteiger partial charge in [-0.2, -0.15) is 0 Å². The number of benzene rings is 2. The number of phenolic OH excluding ortho intramolecular Hbond substituents is 1. The number of aliphatic hydroxyl groups is 3. The van der Waals surface area contributed by atoms with E-state index in [0.717, 1.165) is 5.56 Å². The molecular weight excluding hydrogens is 480 g/mol. The van der Waals surface area contributed by atoms with Crippen LogP contribution in [0.5, 0.6) is 5.75 Å².